The van der Waals surface area contributed by atoms with Crippen molar-refractivity contribution in [3.8, 4) is 11.5 Å². The second-order valence-electron chi connectivity index (χ2n) is 6.53. The van der Waals surface area contributed by atoms with Crippen LogP contribution in [0.25, 0.3) is 5.57 Å². The zero-order valence-electron chi connectivity index (χ0n) is 16.1. The van der Waals surface area contributed by atoms with Gasteiger partial charge in [-0.2, -0.15) is 0 Å². The lowest BCUT2D eigenvalue weighted by Gasteiger charge is -2.19. The van der Waals surface area contributed by atoms with Crippen LogP contribution in [0.5, 0.6) is 11.5 Å². The fourth-order valence-electron chi connectivity index (χ4n) is 3.07. The second-order valence-corrected chi connectivity index (χ2v) is 6.53. The Hall–Kier alpha value is -3.35. The Morgan fingerprint density at radius 2 is 1.57 bits per heavy atom. The summed E-state index contributed by atoms with van der Waals surface area (Å²) in [6.45, 7) is 3.52. The van der Waals surface area contributed by atoms with Gasteiger partial charge in [0.1, 0.15) is 11.5 Å². The van der Waals surface area contributed by atoms with E-state index in [1.807, 2.05) is 0 Å². The van der Waals surface area contributed by atoms with Gasteiger partial charge in [0.15, 0.2) is 11.5 Å². The number of carbonyl (C=O) groups is 2. The SMILES string of the molecule is COc1ccc(NC2=C(c3ccc(F)cc3)C(=O)N(C(C)C)C2=O)cc1OC. The first-order chi connectivity index (χ1) is 13.4. The van der Waals surface area contributed by atoms with Gasteiger partial charge < -0.3 is 14.8 Å². The highest BCUT2D eigenvalue weighted by Gasteiger charge is 2.40. The molecular weight excluding hydrogens is 363 g/mol. The molecule has 1 aliphatic heterocycles. The first kappa shape index (κ1) is 19.4. The Labute approximate surface area is 162 Å². The fourth-order valence-corrected chi connectivity index (χ4v) is 3.07. The number of amides is 2. The molecule has 1 heterocycles. The van der Waals surface area contributed by atoms with E-state index in [2.05, 4.69) is 5.32 Å². The number of benzene rings is 2. The monoisotopic (exact) mass is 384 g/mol. The van der Waals surface area contributed by atoms with Crippen LogP contribution in [0.3, 0.4) is 0 Å². The fraction of sp³-hybridized carbons (Fsp3) is 0.238. The van der Waals surface area contributed by atoms with Gasteiger partial charge in [-0.1, -0.05) is 12.1 Å². The van der Waals surface area contributed by atoms with Crippen molar-refractivity contribution in [2.75, 3.05) is 19.5 Å². The van der Waals surface area contributed by atoms with Crippen LogP contribution < -0.4 is 14.8 Å². The van der Waals surface area contributed by atoms with E-state index in [-0.39, 0.29) is 17.3 Å². The summed E-state index contributed by atoms with van der Waals surface area (Å²) in [6.07, 6.45) is 0. The van der Waals surface area contributed by atoms with Crippen LogP contribution in [0.1, 0.15) is 19.4 Å². The predicted octanol–water partition coefficient (Wildman–Crippen LogP) is 3.44. The largest absolute Gasteiger partial charge is 0.493 e. The molecule has 0 aromatic heterocycles. The van der Waals surface area contributed by atoms with Gasteiger partial charge in [0.05, 0.1) is 19.8 Å². The maximum atomic E-state index is 13.3. The lowest BCUT2D eigenvalue weighted by Crippen LogP contribution is -2.38. The maximum Gasteiger partial charge on any atom is 0.278 e. The van der Waals surface area contributed by atoms with Gasteiger partial charge in [-0.05, 0) is 43.7 Å². The zero-order chi connectivity index (χ0) is 20.4. The summed E-state index contributed by atoms with van der Waals surface area (Å²) in [4.78, 5) is 27.1. The number of ether oxygens (including phenoxy) is 2. The zero-order valence-corrected chi connectivity index (χ0v) is 16.1. The van der Waals surface area contributed by atoms with E-state index >= 15 is 0 Å². The highest BCUT2D eigenvalue weighted by atomic mass is 19.1. The summed E-state index contributed by atoms with van der Waals surface area (Å²) in [7, 11) is 3.04. The van der Waals surface area contributed by atoms with Crippen LogP contribution in [0.2, 0.25) is 0 Å². The van der Waals surface area contributed by atoms with Crippen molar-refractivity contribution in [3.05, 3.63) is 59.5 Å². The minimum atomic E-state index is -0.436. The number of hydrogen-bond donors (Lipinski definition) is 1. The Balaban J connectivity index is 2.08. The Morgan fingerprint density at radius 3 is 2.14 bits per heavy atom. The quantitative estimate of drug-likeness (QED) is 0.773. The van der Waals surface area contributed by atoms with Crippen molar-refractivity contribution < 1.29 is 23.5 Å². The molecule has 0 unspecified atom stereocenters. The van der Waals surface area contributed by atoms with Crippen molar-refractivity contribution in [2.24, 2.45) is 0 Å². The first-order valence-corrected chi connectivity index (χ1v) is 8.74. The third-order valence-electron chi connectivity index (χ3n) is 4.42. The van der Waals surface area contributed by atoms with E-state index in [4.69, 9.17) is 9.47 Å². The van der Waals surface area contributed by atoms with Crippen LogP contribution in [0.15, 0.2) is 48.2 Å². The number of halogens is 1. The predicted molar refractivity (Wildman–Crippen MR) is 103 cm³/mol. The molecule has 146 valence electrons. The summed E-state index contributed by atoms with van der Waals surface area (Å²) >= 11 is 0. The van der Waals surface area contributed by atoms with Crippen molar-refractivity contribution in [2.45, 2.75) is 19.9 Å². The van der Waals surface area contributed by atoms with E-state index in [0.717, 1.165) is 0 Å². The smallest absolute Gasteiger partial charge is 0.278 e. The van der Waals surface area contributed by atoms with Crippen molar-refractivity contribution >= 4 is 23.1 Å². The maximum absolute atomic E-state index is 13.3. The molecule has 7 heteroatoms. The topological polar surface area (TPSA) is 67.9 Å². The molecule has 0 radical (unpaired) electrons. The molecule has 0 atom stereocenters. The van der Waals surface area contributed by atoms with Crippen LogP contribution in [0, 0.1) is 5.82 Å². The van der Waals surface area contributed by atoms with E-state index in [0.29, 0.717) is 22.7 Å². The summed E-state index contributed by atoms with van der Waals surface area (Å²) in [5.41, 5.74) is 1.36. The summed E-state index contributed by atoms with van der Waals surface area (Å²) in [5, 5.41) is 3.03. The molecule has 6 nitrogen and oxygen atoms in total. The lowest BCUT2D eigenvalue weighted by molar-refractivity contribution is -0.138. The molecule has 3 rings (SSSR count). The molecule has 0 bridgehead atoms. The van der Waals surface area contributed by atoms with E-state index in [1.54, 1.807) is 32.0 Å². The average Bonchev–Trinajstić information content (AvgIpc) is 2.92. The lowest BCUT2D eigenvalue weighted by atomic mass is 10.0. The molecule has 1 aliphatic rings. The van der Waals surface area contributed by atoms with Crippen LogP contribution >= 0.6 is 0 Å². The number of carbonyl (C=O) groups excluding carboxylic acids is 2. The molecule has 2 amide bonds. The molecule has 0 saturated heterocycles. The first-order valence-electron chi connectivity index (χ1n) is 8.74. The number of hydrogen-bond acceptors (Lipinski definition) is 5. The number of nitrogens with zero attached hydrogens (tertiary/aromatic N) is 1. The molecule has 1 N–H and O–H groups in total. The van der Waals surface area contributed by atoms with Crippen LogP contribution in [-0.4, -0.2) is 37.0 Å². The minimum Gasteiger partial charge on any atom is -0.493 e. The molecule has 0 spiro atoms. The Kier molecular flexibility index (Phi) is 5.35. The highest BCUT2D eigenvalue weighted by Crippen LogP contribution is 2.34. The van der Waals surface area contributed by atoms with Gasteiger partial charge >= 0.3 is 0 Å². The number of anilines is 1. The van der Waals surface area contributed by atoms with Gasteiger partial charge in [0.2, 0.25) is 0 Å². The summed E-state index contributed by atoms with van der Waals surface area (Å²) in [5.74, 6) is -0.257. The highest BCUT2D eigenvalue weighted by molar-refractivity contribution is 6.36. The summed E-state index contributed by atoms with van der Waals surface area (Å²) < 4.78 is 23.8. The van der Waals surface area contributed by atoms with E-state index < -0.39 is 17.6 Å². The van der Waals surface area contributed by atoms with Crippen molar-refractivity contribution in [1.82, 2.24) is 4.90 Å². The molecule has 0 saturated carbocycles. The molecule has 2 aromatic rings. The molecule has 0 aliphatic carbocycles. The van der Waals surface area contributed by atoms with Crippen molar-refractivity contribution in [1.29, 1.82) is 0 Å². The molecule has 28 heavy (non-hydrogen) atoms. The number of methoxy groups -OCH3 is 2. The van der Waals surface area contributed by atoms with Crippen LogP contribution in [-0.2, 0) is 9.59 Å². The van der Waals surface area contributed by atoms with Gasteiger partial charge in [0.25, 0.3) is 11.8 Å². The third kappa shape index (κ3) is 3.43. The standard InChI is InChI=1S/C21H21FN2O4/c1-12(2)24-20(25)18(13-5-7-14(22)8-6-13)19(21(24)26)23-15-9-10-16(27-3)17(11-15)28-4/h5-12,23H,1-4H3. The van der Waals surface area contributed by atoms with Gasteiger partial charge in [-0.25, -0.2) is 4.39 Å². The Morgan fingerprint density at radius 1 is 0.929 bits per heavy atom. The van der Waals surface area contributed by atoms with Gasteiger partial charge in [-0.3, -0.25) is 14.5 Å². The molecular formula is C21H21FN2O4. The van der Waals surface area contributed by atoms with E-state index in [1.165, 1.54) is 43.4 Å². The van der Waals surface area contributed by atoms with Crippen molar-refractivity contribution in [3.63, 3.8) is 0 Å². The van der Waals surface area contributed by atoms with Gasteiger partial charge in [0, 0.05) is 17.8 Å². The van der Waals surface area contributed by atoms with Crippen LogP contribution in [0.4, 0.5) is 10.1 Å². The second kappa shape index (κ2) is 7.72. The number of rotatable bonds is 6. The normalized spacial score (nSPS) is 14.1. The molecule has 2 aromatic carbocycles. The molecule has 0 fully saturated rings. The van der Waals surface area contributed by atoms with E-state index in [9.17, 15) is 14.0 Å². The number of nitrogens with one attached hydrogen (secondary N) is 1. The third-order valence-corrected chi connectivity index (χ3v) is 4.42. The Bertz CT molecular complexity index is 951. The number of imide groups is 1. The minimum absolute atomic E-state index is 0.137. The van der Waals surface area contributed by atoms with Gasteiger partial charge in [-0.15, -0.1) is 0 Å². The summed E-state index contributed by atoms with van der Waals surface area (Å²) in [6, 6.07) is 10.2. The average molecular weight is 384 g/mol.